The summed E-state index contributed by atoms with van der Waals surface area (Å²) in [6.45, 7) is 3.33. The number of aliphatic carboxylic acids is 1. The van der Waals surface area contributed by atoms with Crippen LogP contribution in [-0.2, 0) is 9.59 Å². The summed E-state index contributed by atoms with van der Waals surface area (Å²) in [6, 6.07) is 4.48. The highest BCUT2D eigenvalue weighted by atomic mass is 16.4. The van der Waals surface area contributed by atoms with Crippen molar-refractivity contribution in [2.75, 3.05) is 7.05 Å². The molecule has 0 aliphatic rings. The predicted molar refractivity (Wildman–Crippen MR) is 100 cm³/mol. The van der Waals surface area contributed by atoms with Gasteiger partial charge in [0.15, 0.2) is 6.04 Å². The standard InChI is InChI=1S/C19H25N3O5/c1-4-7-15(23)22-10-13(12-8-5-6-9-14(12)22)17(24)16(19(26)27)21(3)18(25)11(2)20/h5-6,8-11,16-17,24H,4,7,20H2,1-3H3,(H,26,27). The quantitative estimate of drug-likeness (QED) is 0.671. The zero-order valence-electron chi connectivity index (χ0n) is 15.6. The van der Waals surface area contributed by atoms with Gasteiger partial charge in [0.2, 0.25) is 11.8 Å². The molecule has 146 valence electrons. The average Bonchev–Trinajstić information content (AvgIpc) is 3.00. The van der Waals surface area contributed by atoms with E-state index in [0.29, 0.717) is 23.7 Å². The molecule has 1 aromatic carbocycles. The summed E-state index contributed by atoms with van der Waals surface area (Å²) in [4.78, 5) is 37.3. The number of aliphatic hydroxyl groups excluding tert-OH is 1. The molecule has 1 aromatic heterocycles. The lowest BCUT2D eigenvalue weighted by Crippen LogP contribution is -2.51. The third-order valence-corrected chi connectivity index (χ3v) is 4.50. The number of aliphatic hydroxyl groups is 1. The van der Waals surface area contributed by atoms with Crippen LogP contribution in [0.3, 0.4) is 0 Å². The number of likely N-dealkylation sites (N-methyl/N-ethyl adjacent to an activating group) is 1. The molecule has 0 fully saturated rings. The summed E-state index contributed by atoms with van der Waals surface area (Å²) in [7, 11) is 1.29. The van der Waals surface area contributed by atoms with Gasteiger partial charge in [-0.25, -0.2) is 4.79 Å². The first-order valence-corrected chi connectivity index (χ1v) is 8.77. The van der Waals surface area contributed by atoms with Crippen molar-refractivity contribution < 1.29 is 24.6 Å². The Labute approximate surface area is 157 Å². The number of rotatable bonds is 7. The molecule has 0 saturated carbocycles. The summed E-state index contributed by atoms with van der Waals surface area (Å²) in [5, 5.41) is 21.0. The van der Waals surface area contributed by atoms with Crippen LogP contribution in [0.25, 0.3) is 10.9 Å². The fourth-order valence-corrected chi connectivity index (χ4v) is 3.12. The SMILES string of the molecule is CCCC(=O)n1cc(C(O)C(C(=O)O)N(C)C(=O)C(C)N)c2ccccc21. The van der Waals surface area contributed by atoms with Crippen LogP contribution in [0.15, 0.2) is 30.5 Å². The highest BCUT2D eigenvalue weighted by Crippen LogP contribution is 2.30. The topological polar surface area (TPSA) is 126 Å². The van der Waals surface area contributed by atoms with Crippen molar-refractivity contribution in [3.05, 3.63) is 36.0 Å². The summed E-state index contributed by atoms with van der Waals surface area (Å²) in [5.41, 5.74) is 6.42. The van der Waals surface area contributed by atoms with E-state index in [4.69, 9.17) is 5.73 Å². The van der Waals surface area contributed by atoms with Crippen LogP contribution < -0.4 is 5.73 Å². The number of para-hydroxylation sites is 1. The number of fused-ring (bicyclic) bond motifs is 1. The van der Waals surface area contributed by atoms with Crippen molar-refractivity contribution >= 4 is 28.7 Å². The smallest absolute Gasteiger partial charge is 0.329 e. The van der Waals surface area contributed by atoms with E-state index < -0.39 is 30.1 Å². The van der Waals surface area contributed by atoms with Crippen molar-refractivity contribution in [1.29, 1.82) is 0 Å². The maximum Gasteiger partial charge on any atom is 0.329 e. The Bertz CT molecular complexity index is 858. The Kier molecular flexibility index (Phi) is 6.35. The second-order valence-electron chi connectivity index (χ2n) is 6.58. The molecule has 3 unspecified atom stereocenters. The zero-order valence-corrected chi connectivity index (χ0v) is 15.6. The monoisotopic (exact) mass is 375 g/mol. The third-order valence-electron chi connectivity index (χ3n) is 4.50. The lowest BCUT2D eigenvalue weighted by molar-refractivity contribution is -0.154. The minimum absolute atomic E-state index is 0.154. The maximum atomic E-state index is 12.4. The maximum absolute atomic E-state index is 12.4. The molecule has 0 bridgehead atoms. The Morgan fingerprint density at radius 3 is 2.44 bits per heavy atom. The molecule has 0 aliphatic heterocycles. The van der Waals surface area contributed by atoms with Crippen molar-refractivity contribution in [2.45, 2.75) is 44.9 Å². The minimum Gasteiger partial charge on any atom is -0.480 e. The van der Waals surface area contributed by atoms with Crippen molar-refractivity contribution in [3.8, 4) is 0 Å². The van der Waals surface area contributed by atoms with Crippen LogP contribution in [0.4, 0.5) is 0 Å². The van der Waals surface area contributed by atoms with Gasteiger partial charge in [0.25, 0.3) is 0 Å². The van der Waals surface area contributed by atoms with E-state index in [1.54, 1.807) is 24.3 Å². The first-order chi connectivity index (χ1) is 12.7. The summed E-state index contributed by atoms with van der Waals surface area (Å²) in [6.07, 6.45) is 0.899. The molecule has 2 aromatic rings. The van der Waals surface area contributed by atoms with Crippen molar-refractivity contribution in [3.63, 3.8) is 0 Å². The Morgan fingerprint density at radius 1 is 1.26 bits per heavy atom. The molecular weight excluding hydrogens is 350 g/mol. The van der Waals surface area contributed by atoms with Gasteiger partial charge in [-0.3, -0.25) is 14.2 Å². The highest BCUT2D eigenvalue weighted by Gasteiger charge is 2.37. The van der Waals surface area contributed by atoms with Gasteiger partial charge in [-0.05, 0) is 19.4 Å². The first kappa shape index (κ1) is 20.6. The largest absolute Gasteiger partial charge is 0.480 e. The third kappa shape index (κ3) is 4.01. The molecule has 1 amide bonds. The van der Waals surface area contributed by atoms with E-state index in [2.05, 4.69) is 0 Å². The lowest BCUT2D eigenvalue weighted by Gasteiger charge is -2.29. The molecule has 4 N–H and O–H groups in total. The number of benzene rings is 1. The van der Waals surface area contributed by atoms with Gasteiger partial charge in [0.1, 0.15) is 6.10 Å². The van der Waals surface area contributed by atoms with Gasteiger partial charge >= 0.3 is 5.97 Å². The van der Waals surface area contributed by atoms with Gasteiger partial charge in [0.05, 0.1) is 11.6 Å². The predicted octanol–water partition coefficient (Wildman–Crippen LogP) is 1.37. The van der Waals surface area contributed by atoms with Crippen LogP contribution in [0.2, 0.25) is 0 Å². The van der Waals surface area contributed by atoms with E-state index >= 15 is 0 Å². The molecule has 8 heteroatoms. The summed E-state index contributed by atoms with van der Waals surface area (Å²) in [5.74, 6) is -2.12. The number of nitrogens with two attached hydrogens (primary N) is 1. The summed E-state index contributed by atoms with van der Waals surface area (Å²) >= 11 is 0. The number of carbonyl (C=O) groups is 3. The number of carboxylic acid groups (broad SMARTS) is 1. The first-order valence-electron chi connectivity index (χ1n) is 8.77. The number of carboxylic acids is 1. The van der Waals surface area contributed by atoms with E-state index in [1.807, 2.05) is 6.92 Å². The van der Waals surface area contributed by atoms with E-state index in [9.17, 15) is 24.6 Å². The molecule has 8 nitrogen and oxygen atoms in total. The van der Waals surface area contributed by atoms with Crippen LogP contribution >= 0.6 is 0 Å². The Morgan fingerprint density at radius 2 is 1.89 bits per heavy atom. The molecule has 3 atom stereocenters. The summed E-state index contributed by atoms with van der Waals surface area (Å²) < 4.78 is 1.42. The molecule has 1 heterocycles. The molecular formula is C19H25N3O5. The number of amides is 1. The Hall–Kier alpha value is -2.71. The lowest BCUT2D eigenvalue weighted by atomic mass is 10.00. The number of aromatic nitrogens is 1. The van der Waals surface area contributed by atoms with E-state index in [-0.39, 0.29) is 11.5 Å². The fourth-order valence-electron chi connectivity index (χ4n) is 3.12. The number of hydrogen-bond acceptors (Lipinski definition) is 5. The van der Waals surface area contributed by atoms with E-state index in [0.717, 1.165) is 4.90 Å². The Balaban J connectivity index is 2.55. The van der Waals surface area contributed by atoms with Gasteiger partial charge in [0, 0.05) is 30.6 Å². The average molecular weight is 375 g/mol. The van der Waals surface area contributed by atoms with Gasteiger partial charge < -0.3 is 20.8 Å². The van der Waals surface area contributed by atoms with Crippen LogP contribution in [-0.4, -0.2) is 56.6 Å². The van der Waals surface area contributed by atoms with Crippen molar-refractivity contribution in [1.82, 2.24) is 9.47 Å². The highest BCUT2D eigenvalue weighted by molar-refractivity contribution is 5.95. The molecule has 0 aliphatic carbocycles. The number of nitrogens with zero attached hydrogens (tertiary/aromatic N) is 2. The second kappa shape index (κ2) is 8.32. The molecule has 0 saturated heterocycles. The molecule has 27 heavy (non-hydrogen) atoms. The normalized spacial score (nSPS) is 14.6. The minimum atomic E-state index is -1.54. The number of carbonyl (C=O) groups excluding carboxylic acids is 2. The molecule has 0 radical (unpaired) electrons. The fraction of sp³-hybridized carbons (Fsp3) is 0.421. The molecule has 2 rings (SSSR count). The molecule has 0 spiro atoms. The van der Waals surface area contributed by atoms with E-state index in [1.165, 1.54) is 24.7 Å². The van der Waals surface area contributed by atoms with Gasteiger partial charge in [-0.15, -0.1) is 0 Å². The zero-order chi connectivity index (χ0) is 20.3. The van der Waals surface area contributed by atoms with Crippen LogP contribution in [0.1, 0.15) is 43.2 Å². The number of hydrogen-bond donors (Lipinski definition) is 3. The second-order valence-corrected chi connectivity index (χ2v) is 6.58. The van der Waals surface area contributed by atoms with Crippen molar-refractivity contribution in [2.24, 2.45) is 5.73 Å². The van der Waals surface area contributed by atoms with Gasteiger partial charge in [-0.1, -0.05) is 25.1 Å². The van der Waals surface area contributed by atoms with Crippen LogP contribution in [0.5, 0.6) is 0 Å². The van der Waals surface area contributed by atoms with Crippen LogP contribution in [0, 0.1) is 0 Å². The van der Waals surface area contributed by atoms with Gasteiger partial charge in [-0.2, -0.15) is 0 Å².